The fraction of sp³-hybridized carbons (Fsp3) is 0.286. The van der Waals surface area contributed by atoms with Crippen molar-refractivity contribution in [3.8, 4) is 11.3 Å². The summed E-state index contributed by atoms with van der Waals surface area (Å²) in [6.45, 7) is 0. The molecule has 1 aliphatic carbocycles. The van der Waals surface area contributed by atoms with E-state index in [4.69, 9.17) is 20.4 Å². The SMILES string of the molecule is NC1CCC(Nc2ccc3ncc(-c4ccc5oc(C(=O)O)cc5c4)n3n2)CC1. The number of nitrogens with zero attached hydrogens (tertiary/aromatic N) is 3. The van der Waals surface area contributed by atoms with Gasteiger partial charge in [0.25, 0.3) is 0 Å². The number of rotatable bonds is 4. The van der Waals surface area contributed by atoms with Gasteiger partial charge in [-0.25, -0.2) is 14.3 Å². The molecule has 0 atom stereocenters. The summed E-state index contributed by atoms with van der Waals surface area (Å²) in [5.74, 6) is -0.361. The second-order valence-electron chi connectivity index (χ2n) is 7.56. The molecule has 0 unspecified atom stereocenters. The van der Waals surface area contributed by atoms with Crippen molar-refractivity contribution in [2.75, 3.05) is 5.32 Å². The van der Waals surface area contributed by atoms with Crippen molar-refractivity contribution in [1.29, 1.82) is 0 Å². The zero-order valence-electron chi connectivity index (χ0n) is 15.7. The minimum absolute atomic E-state index is 0.0768. The summed E-state index contributed by atoms with van der Waals surface area (Å²) in [6.07, 6.45) is 5.91. The first-order valence-corrected chi connectivity index (χ1v) is 9.71. The van der Waals surface area contributed by atoms with E-state index in [0.717, 1.165) is 53.8 Å². The number of aromatic nitrogens is 3. The fourth-order valence-corrected chi connectivity index (χ4v) is 3.93. The molecule has 5 rings (SSSR count). The molecule has 0 saturated heterocycles. The third kappa shape index (κ3) is 3.31. The van der Waals surface area contributed by atoms with Crippen LogP contribution in [0.5, 0.6) is 0 Å². The lowest BCUT2D eigenvalue weighted by Gasteiger charge is -2.27. The van der Waals surface area contributed by atoms with Gasteiger partial charge in [-0.05, 0) is 62.1 Å². The van der Waals surface area contributed by atoms with Gasteiger partial charge in [0.2, 0.25) is 5.76 Å². The number of nitrogens with two attached hydrogens (primary N) is 1. The molecule has 1 aliphatic rings. The summed E-state index contributed by atoms with van der Waals surface area (Å²) >= 11 is 0. The number of fused-ring (bicyclic) bond motifs is 2. The van der Waals surface area contributed by atoms with Crippen LogP contribution in [0.15, 0.2) is 47.0 Å². The lowest BCUT2D eigenvalue weighted by molar-refractivity contribution is 0.0665. The van der Waals surface area contributed by atoms with Crippen LogP contribution >= 0.6 is 0 Å². The highest BCUT2D eigenvalue weighted by Gasteiger charge is 2.19. The number of furan rings is 1. The van der Waals surface area contributed by atoms with E-state index in [1.165, 1.54) is 6.07 Å². The van der Waals surface area contributed by atoms with Crippen LogP contribution < -0.4 is 11.1 Å². The van der Waals surface area contributed by atoms with E-state index in [2.05, 4.69) is 10.3 Å². The van der Waals surface area contributed by atoms with Gasteiger partial charge < -0.3 is 20.6 Å². The second-order valence-corrected chi connectivity index (χ2v) is 7.56. The lowest BCUT2D eigenvalue weighted by atomic mass is 9.92. The zero-order chi connectivity index (χ0) is 20.0. The summed E-state index contributed by atoms with van der Waals surface area (Å²) in [7, 11) is 0. The van der Waals surface area contributed by atoms with Crippen molar-refractivity contribution in [3.05, 3.63) is 48.4 Å². The predicted octanol–water partition coefficient (Wildman–Crippen LogP) is 3.52. The van der Waals surface area contributed by atoms with Gasteiger partial charge in [0.15, 0.2) is 5.65 Å². The number of carboxylic acids is 1. The molecule has 1 aromatic carbocycles. The van der Waals surface area contributed by atoms with Crippen LogP contribution in [0.25, 0.3) is 27.9 Å². The van der Waals surface area contributed by atoms with Crippen molar-refractivity contribution in [3.63, 3.8) is 0 Å². The Kier molecular flexibility index (Phi) is 4.21. The molecule has 1 saturated carbocycles. The molecule has 0 bridgehead atoms. The second kappa shape index (κ2) is 6.89. The number of carboxylic acid groups (broad SMARTS) is 1. The Bertz CT molecular complexity index is 1200. The average molecular weight is 391 g/mol. The Hall–Kier alpha value is -3.39. The monoisotopic (exact) mass is 391 g/mol. The Morgan fingerprint density at radius 1 is 1.17 bits per heavy atom. The van der Waals surface area contributed by atoms with Crippen LogP contribution in [-0.2, 0) is 0 Å². The largest absolute Gasteiger partial charge is 0.475 e. The van der Waals surface area contributed by atoms with Gasteiger partial charge in [0.05, 0.1) is 11.9 Å². The minimum Gasteiger partial charge on any atom is -0.475 e. The van der Waals surface area contributed by atoms with E-state index in [0.29, 0.717) is 17.7 Å². The highest BCUT2D eigenvalue weighted by atomic mass is 16.4. The Morgan fingerprint density at radius 2 is 2.00 bits per heavy atom. The first-order valence-electron chi connectivity index (χ1n) is 9.71. The van der Waals surface area contributed by atoms with Crippen LogP contribution in [-0.4, -0.2) is 37.8 Å². The zero-order valence-corrected chi connectivity index (χ0v) is 15.7. The first-order chi connectivity index (χ1) is 14.1. The van der Waals surface area contributed by atoms with E-state index in [1.807, 2.05) is 24.3 Å². The summed E-state index contributed by atoms with van der Waals surface area (Å²) in [5, 5.41) is 18.1. The van der Waals surface area contributed by atoms with E-state index in [9.17, 15) is 4.79 Å². The maximum atomic E-state index is 11.1. The topological polar surface area (TPSA) is 119 Å². The maximum absolute atomic E-state index is 11.1. The number of imidazole rings is 1. The van der Waals surface area contributed by atoms with Crippen molar-refractivity contribution < 1.29 is 14.3 Å². The van der Waals surface area contributed by atoms with E-state index >= 15 is 0 Å². The molecule has 8 nitrogen and oxygen atoms in total. The molecule has 3 aromatic heterocycles. The van der Waals surface area contributed by atoms with Gasteiger partial charge in [-0.15, -0.1) is 5.10 Å². The number of carbonyl (C=O) groups is 1. The van der Waals surface area contributed by atoms with Gasteiger partial charge in [0.1, 0.15) is 11.4 Å². The molecule has 8 heteroatoms. The number of aromatic carboxylic acids is 1. The van der Waals surface area contributed by atoms with E-state index in [1.54, 1.807) is 16.8 Å². The van der Waals surface area contributed by atoms with Crippen molar-refractivity contribution in [2.45, 2.75) is 37.8 Å². The third-order valence-corrected chi connectivity index (χ3v) is 5.51. The highest BCUT2D eigenvalue weighted by Crippen LogP contribution is 2.28. The lowest BCUT2D eigenvalue weighted by Crippen LogP contribution is -2.33. The molecular weight excluding hydrogens is 370 g/mol. The van der Waals surface area contributed by atoms with Gasteiger partial charge in [0, 0.05) is 23.0 Å². The average Bonchev–Trinajstić information content (AvgIpc) is 3.33. The Morgan fingerprint density at radius 3 is 2.79 bits per heavy atom. The van der Waals surface area contributed by atoms with E-state index < -0.39 is 5.97 Å². The van der Waals surface area contributed by atoms with Crippen LogP contribution in [0.2, 0.25) is 0 Å². The van der Waals surface area contributed by atoms with Crippen LogP contribution in [0.3, 0.4) is 0 Å². The Balaban J connectivity index is 1.48. The molecule has 29 heavy (non-hydrogen) atoms. The van der Waals surface area contributed by atoms with Crippen LogP contribution in [0, 0.1) is 0 Å². The fourth-order valence-electron chi connectivity index (χ4n) is 3.93. The Labute approximate surface area is 166 Å². The van der Waals surface area contributed by atoms with Gasteiger partial charge >= 0.3 is 5.97 Å². The molecule has 4 aromatic rings. The normalized spacial score (nSPS) is 19.6. The summed E-state index contributed by atoms with van der Waals surface area (Å²) < 4.78 is 7.15. The molecule has 0 aliphatic heterocycles. The van der Waals surface area contributed by atoms with Crippen LogP contribution in [0.1, 0.15) is 36.2 Å². The summed E-state index contributed by atoms with van der Waals surface area (Å²) in [5.41, 5.74) is 8.99. The minimum atomic E-state index is -1.08. The van der Waals surface area contributed by atoms with Crippen molar-refractivity contribution >= 4 is 28.4 Å². The van der Waals surface area contributed by atoms with Crippen molar-refractivity contribution in [2.24, 2.45) is 5.73 Å². The van der Waals surface area contributed by atoms with Crippen molar-refractivity contribution in [1.82, 2.24) is 14.6 Å². The van der Waals surface area contributed by atoms with E-state index in [-0.39, 0.29) is 5.76 Å². The van der Waals surface area contributed by atoms with Gasteiger partial charge in [-0.3, -0.25) is 0 Å². The molecule has 148 valence electrons. The smallest absolute Gasteiger partial charge is 0.371 e. The number of anilines is 1. The molecule has 0 amide bonds. The van der Waals surface area contributed by atoms with Crippen LogP contribution in [0.4, 0.5) is 5.82 Å². The molecule has 0 spiro atoms. The molecule has 1 fully saturated rings. The predicted molar refractivity (Wildman–Crippen MR) is 109 cm³/mol. The number of hydrogen-bond donors (Lipinski definition) is 3. The quantitative estimate of drug-likeness (QED) is 0.487. The number of benzene rings is 1. The van der Waals surface area contributed by atoms with Gasteiger partial charge in [-0.2, -0.15) is 0 Å². The van der Waals surface area contributed by atoms with Gasteiger partial charge in [-0.1, -0.05) is 0 Å². The molecule has 0 radical (unpaired) electrons. The number of hydrogen-bond acceptors (Lipinski definition) is 6. The highest BCUT2D eigenvalue weighted by molar-refractivity contribution is 5.92. The standard InChI is InChI=1S/C21H21N5O3/c22-14-2-4-15(5-3-14)24-19-7-8-20-23-11-16(26(20)25-19)12-1-6-17-13(9-12)10-18(29-17)21(27)28/h1,6-11,14-15H,2-5,22H2,(H,24,25)(H,27,28). The first kappa shape index (κ1) is 17.7. The summed E-state index contributed by atoms with van der Waals surface area (Å²) in [6, 6.07) is 11.6. The summed E-state index contributed by atoms with van der Waals surface area (Å²) in [4.78, 5) is 15.6. The maximum Gasteiger partial charge on any atom is 0.371 e. The third-order valence-electron chi connectivity index (χ3n) is 5.51. The molecular formula is C21H21N5O3. The molecule has 4 N–H and O–H groups in total. The molecule has 3 heterocycles. The number of nitrogens with one attached hydrogen (secondary N) is 1.